The van der Waals surface area contributed by atoms with E-state index in [9.17, 15) is 0 Å². The number of aromatic nitrogens is 2. The maximum absolute atomic E-state index is 6.03. The number of nitrogens with two attached hydrogens (primary N) is 1. The second kappa shape index (κ2) is 5.61. The largest absolute Gasteiger partial charge is 0.324 e. The van der Waals surface area contributed by atoms with Gasteiger partial charge in [0, 0.05) is 16.3 Å². The highest BCUT2D eigenvalue weighted by Crippen LogP contribution is 2.34. The van der Waals surface area contributed by atoms with Crippen molar-refractivity contribution in [3.05, 3.63) is 60.4 Å². The molecule has 0 unspecified atom stereocenters. The molecule has 1 heterocycles. The molecule has 0 fully saturated rings. The average molecular weight is 281 g/mol. The Balaban J connectivity index is 2.06. The van der Waals surface area contributed by atoms with Gasteiger partial charge in [0.15, 0.2) is 0 Å². The van der Waals surface area contributed by atoms with E-state index < -0.39 is 0 Å². The van der Waals surface area contributed by atoms with Crippen LogP contribution in [0.5, 0.6) is 0 Å². The van der Waals surface area contributed by atoms with Crippen molar-refractivity contribution in [1.82, 2.24) is 9.97 Å². The first-order valence-electron chi connectivity index (χ1n) is 6.48. The molecule has 0 spiro atoms. The fourth-order valence-corrected chi connectivity index (χ4v) is 3.22. The highest BCUT2D eigenvalue weighted by Gasteiger charge is 2.10. The zero-order chi connectivity index (χ0) is 13.9. The van der Waals surface area contributed by atoms with Crippen molar-refractivity contribution in [2.75, 3.05) is 0 Å². The third-order valence-corrected chi connectivity index (χ3v) is 4.23. The molecule has 3 rings (SSSR count). The summed E-state index contributed by atoms with van der Waals surface area (Å²) in [7, 11) is 0. The molecule has 0 bridgehead atoms. The minimum atomic E-state index is 0.00630. The number of rotatable bonds is 3. The Labute approximate surface area is 122 Å². The van der Waals surface area contributed by atoms with E-state index in [1.54, 1.807) is 18.1 Å². The molecular weight excluding hydrogens is 266 g/mol. The van der Waals surface area contributed by atoms with E-state index in [2.05, 4.69) is 22.1 Å². The van der Waals surface area contributed by atoms with Gasteiger partial charge in [-0.15, -0.1) is 0 Å². The van der Waals surface area contributed by atoms with Gasteiger partial charge in [-0.2, -0.15) is 0 Å². The predicted molar refractivity (Wildman–Crippen MR) is 82.7 cm³/mol. The molecule has 0 aliphatic heterocycles. The summed E-state index contributed by atoms with van der Waals surface area (Å²) in [5.41, 5.74) is 8.14. The van der Waals surface area contributed by atoms with Crippen molar-refractivity contribution in [1.29, 1.82) is 0 Å². The topological polar surface area (TPSA) is 51.8 Å². The Morgan fingerprint density at radius 2 is 1.75 bits per heavy atom. The van der Waals surface area contributed by atoms with Crippen molar-refractivity contribution >= 4 is 22.7 Å². The van der Waals surface area contributed by atoms with Gasteiger partial charge >= 0.3 is 0 Å². The second-order valence-corrected chi connectivity index (χ2v) is 5.66. The van der Waals surface area contributed by atoms with Crippen LogP contribution in [0.25, 0.3) is 10.9 Å². The number of nitrogens with zero attached hydrogens (tertiary/aromatic N) is 2. The van der Waals surface area contributed by atoms with Gasteiger partial charge in [-0.3, -0.25) is 0 Å². The molecule has 2 aromatic carbocycles. The van der Waals surface area contributed by atoms with Crippen molar-refractivity contribution < 1.29 is 0 Å². The normalized spacial score (nSPS) is 12.5. The first-order chi connectivity index (χ1) is 9.75. The molecule has 0 aliphatic rings. The highest BCUT2D eigenvalue weighted by molar-refractivity contribution is 7.99. The van der Waals surface area contributed by atoms with E-state index in [4.69, 9.17) is 5.73 Å². The van der Waals surface area contributed by atoms with Gasteiger partial charge in [-0.05, 0) is 24.6 Å². The van der Waals surface area contributed by atoms with Crippen LogP contribution in [0, 0.1) is 0 Å². The average Bonchev–Trinajstić information content (AvgIpc) is 2.48. The number of hydrogen-bond acceptors (Lipinski definition) is 4. The monoisotopic (exact) mass is 281 g/mol. The van der Waals surface area contributed by atoms with Gasteiger partial charge in [0.05, 0.1) is 5.52 Å². The SMILES string of the molecule is C[C@H](N)c1ccccc1Sc1ncnc2ccccc12. The third kappa shape index (κ3) is 2.53. The van der Waals surface area contributed by atoms with E-state index in [0.29, 0.717) is 0 Å². The number of fused-ring (bicyclic) bond motifs is 1. The third-order valence-electron chi connectivity index (χ3n) is 3.12. The summed E-state index contributed by atoms with van der Waals surface area (Å²) in [5.74, 6) is 0. The van der Waals surface area contributed by atoms with Crippen LogP contribution in [-0.4, -0.2) is 9.97 Å². The quantitative estimate of drug-likeness (QED) is 0.742. The summed E-state index contributed by atoms with van der Waals surface area (Å²) < 4.78 is 0. The summed E-state index contributed by atoms with van der Waals surface area (Å²) in [6, 6.07) is 16.2. The van der Waals surface area contributed by atoms with Crippen LogP contribution < -0.4 is 5.73 Å². The molecule has 0 saturated carbocycles. The summed E-state index contributed by atoms with van der Waals surface area (Å²) in [6.45, 7) is 2.00. The molecule has 1 aromatic heterocycles. The van der Waals surface area contributed by atoms with Crippen molar-refractivity contribution in [3.8, 4) is 0 Å². The van der Waals surface area contributed by atoms with Crippen molar-refractivity contribution in [2.24, 2.45) is 5.73 Å². The van der Waals surface area contributed by atoms with E-state index in [0.717, 1.165) is 26.4 Å². The van der Waals surface area contributed by atoms with Crippen LogP contribution in [0.4, 0.5) is 0 Å². The Morgan fingerprint density at radius 1 is 1.00 bits per heavy atom. The Bertz CT molecular complexity index is 735. The minimum absolute atomic E-state index is 0.00630. The molecule has 20 heavy (non-hydrogen) atoms. The van der Waals surface area contributed by atoms with E-state index in [-0.39, 0.29) is 6.04 Å². The Morgan fingerprint density at radius 3 is 2.60 bits per heavy atom. The lowest BCUT2D eigenvalue weighted by Crippen LogP contribution is -2.06. The smallest absolute Gasteiger partial charge is 0.117 e. The zero-order valence-electron chi connectivity index (χ0n) is 11.2. The number of benzene rings is 2. The number of para-hydroxylation sites is 1. The van der Waals surface area contributed by atoms with Crippen LogP contribution in [0.2, 0.25) is 0 Å². The lowest BCUT2D eigenvalue weighted by Gasteiger charge is -2.12. The van der Waals surface area contributed by atoms with E-state index in [1.165, 1.54) is 0 Å². The molecule has 3 nitrogen and oxygen atoms in total. The second-order valence-electron chi connectivity index (χ2n) is 4.62. The van der Waals surface area contributed by atoms with Crippen LogP contribution >= 0.6 is 11.8 Å². The highest BCUT2D eigenvalue weighted by atomic mass is 32.2. The molecule has 1 atom stereocenters. The molecule has 0 radical (unpaired) electrons. The predicted octanol–water partition coefficient (Wildman–Crippen LogP) is 3.80. The van der Waals surface area contributed by atoms with E-state index in [1.807, 2.05) is 43.3 Å². The van der Waals surface area contributed by atoms with Crippen LogP contribution in [0.1, 0.15) is 18.5 Å². The van der Waals surface area contributed by atoms with Crippen LogP contribution in [0.3, 0.4) is 0 Å². The van der Waals surface area contributed by atoms with Gasteiger partial charge in [0.25, 0.3) is 0 Å². The van der Waals surface area contributed by atoms with Gasteiger partial charge in [0.1, 0.15) is 11.4 Å². The lowest BCUT2D eigenvalue weighted by atomic mass is 10.1. The van der Waals surface area contributed by atoms with E-state index >= 15 is 0 Å². The molecule has 0 saturated heterocycles. The molecule has 4 heteroatoms. The molecule has 0 aliphatic carbocycles. The van der Waals surface area contributed by atoms with Crippen LogP contribution in [0.15, 0.2) is 64.8 Å². The lowest BCUT2D eigenvalue weighted by molar-refractivity contribution is 0.797. The Kier molecular flexibility index (Phi) is 3.67. The summed E-state index contributed by atoms with van der Waals surface area (Å²) in [5, 5.41) is 2.03. The van der Waals surface area contributed by atoms with Crippen LogP contribution in [-0.2, 0) is 0 Å². The summed E-state index contributed by atoms with van der Waals surface area (Å²) in [4.78, 5) is 9.85. The molecule has 100 valence electrons. The standard InChI is InChI=1S/C16H15N3S/c1-11(17)12-6-3-5-9-15(12)20-16-13-7-2-4-8-14(13)18-10-19-16/h2-11H,17H2,1H3/t11-/m0/s1. The van der Waals surface area contributed by atoms with Gasteiger partial charge < -0.3 is 5.73 Å². The maximum Gasteiger partial charge on any atom is 0.117 e. The summed E-state index contributed by atoms with van der Waals surface area (Å²) in [6.07, 6.45) is 1.61. The Hall–Kier alpha value is -1.91. The first kappa shape index (κ1) is 13.1. The summed E-state index contributed by atoms with van der Waals surface area (Å²) >= 11 is 1.64. The first-order valence-corrected chi connectivity index (χ1v) is 7.29. The van der Waals surface area contributed by atoms with Crippen molar-refractivity contribution in [3.63, 3.8) is 0 Å². The maximum atomic E-state index is 6.03. The molecule has 0 amide bonds. The van der Waals surface area contributed by atoms with Gasteiger partial charge in [-0.1, -0.05) is 48.2 Å². The zero-order valence-corrected chi connectivity index (χ0v) is 12.0. The molecular formula is C16H15N3S. The van der Waals surface area contributed by atoms with Gasteiger partial charge in [-0.25, -0.2) is 9.97 Å². The molecule has 2 N–H and O–H groups in total. The molecule has 3 aromatic rings. The number of hydrogen-bond donors (Lipinski definition) is 1. The fourth-order valence-electron chi connectivity index (χ4n) is 2.12. The fraction of sp³-hybridized carbons (Fsp3) is 0.125. The van der Waals surface area contributed by atoms with Gasteiger partial charge in [0.2, 0.25) is 0 Å². The minimum Gasteiger partial charge on any atom is -0.324 e. The van der Waals surface area contributed by atoms with Crippen molar-refractivity contribution in [2.45, 2.75) is 22.9 Å².